The van der Waals surface area contributed by atoms with E-state index in [4.69, 9.17) is 10.5 Å². The summed E-state index contributed by atoms with van der Waals surface area (Å²) in [5.41, 5.74) is 9.23. The first kappa shape index (κ1) is 14.6. The van der Waals surface area contributed by atoms with E-state index >= 15 is 0 Å². The fourth-order valence-corrected chi connectivity index (χ4v) is 4.17. The molecule has 1 atom stereocenters. The monoisotopic (exact) mass is 302 g/mol. The average Bonchev–Trinajstić information content (AvgIpc) is 3.14. The zero-order valence-electron chi connectivity index (χ0n) is 12.4. The molecule has 0 amide bonds. The van der Waals surface area contributed by atoms with Crippen LogP contribution in [0.5, 0.6) is 0 Å². The summed E-state index contributed by atoms with van der Waals surface area (Å²) in [7, 11) is 1.77. The van der Waals surface area contributed by atoms with Gasteiger partial charge < -0.3 is 10.5 Å². The van der Waals surface area contributed by atoms with Gasteiger partial charge in [-0.2, -0.15) is 0 Å². The molecule has 2 heterocycles. The van der Waals surface area contributed by atoms with Gasteiger partial charge in [0.1, 0.15) is 0 Å². The summed E-state index contributed by atoms with van der Waals surface area (Å²) < 4.78 is 5.25. The van der Waals surface area contributed by atoms with Gasteiger partial charge in [0.15, 0.2) is 0 Å². The average molecular weight is 302 g/mol. The summed E-state index contributed by atoms with van der Waals surface area (Å²) in [6, 6.07) is 11.0. The van der Waals surface area contributed by atoms with E-state index in [9.17, 15) is 0 Å². The van der Waals surface area contributed by atoms with E-state index in [-0.39, 0.29) is 0 Å². The molecule has 0 spiro atoms. The lowest BCUT2D eigenvalue weighted by molar-refractivity contribution is 0.142. The molecule has 0 bridgehead atoms. The number of nitrogens with two attached hydrogens (primary N) is 1. The number of anilines is 1. The van der Waals surface area contributed by atoms with Gasteiger partial charge in [-0.25, -0.2) is 0 Å². The Morgan fingerprint density at radius 2 is 2.10 bits per heavy atom. The van der Waals surface area contributed by atoms with E-state index in [1.807, 2.05) is 23.5 Å². The molecule has 21 heavy (non-hydrogen) atoms. The van der Waals surface area contributed by atoms with Gasteiger partial charge in [-0.3, -0.25) is 4.90 Å². The number of rotatable bonds is 5. The van der Waals surface area contributed by atoms with E-state index in [0.29, 0.717) is 6.04 Å². The Morgan fingerprint density at radius 1 is 1.29 bits per heavy atom. The van der Waals surface area contributed by atoms with Gasteiger partial charge in [-0.1, -0.05) is 12.1 Å². The quantitative estimate of drug-likeness (QED) is 0.854. The molecule has 1 aliphatic rings. The SMILES string of the molecule is COCCN1CCCC1c1sccc1-c1ccc(N)cc1. The Kier molecular flexibility index (Phi) is 4.58. The van der Waals surface area contributed by atoms with Crippen LogP contribution in [0.25, 0.3) is 11.1 Å². The number of methoxy groups -OCH3 is 1. The van der Waals surface area contributed by atoms with E-state index in [1.165, 1.54) is 35.4 Å². The highest BCUT2D eigenvalue weighted by atomic mass is 32.1. The second-order valence-electron chi connectivity index (χ2n) is 5.51. The first-order chi connectivity index (χ1) is 10.3. The molecule has 1 aliphatic heterocycles. The van der Waals surface area contributed by atoms with Gasteiger partial charge in [0.05, 0.1) is 6.61 Å². The zero-order chi connectivity index (χ0) is 14.7. The van der Waals surface area contributed by atoms with Crippen molar-refractivity contribution in [3.05, 3.63) is 40.6 Å². The number of nitrogens with zero attached hydrogens (tertiary/aromatic N) is 1. The maximum atomic E-state index is 5.80. The lowest BCUT2D eigenvalue weighted by atomic mass is 10.0. The highest BCUT2D eigenvalue weighted by molar-refractivity contribution is 7.10. The second-order valence-corrected chi connectivity index (χ2v) is 6.46. The van der Waals surface area contributed by atoms with Gasteiger partial charge >= 0.3 is 0 Å². The van der Waals surface area contributed by atoms with Crippen molar-refractivity contribution in [2.75, 3.05) is 32.5 Å². The molecular weight excluding hydrogens is 280 g/mol. The number of hydrogen-bond donors (Lipinski definition) is 1. The molecule has 4 heteroatoms. The van der Waals surface area contributed by atoms with Gasteiger partial charge in [-0.15, -0.1) is 11.3 Å². The Bertz CT molecular complexity index is 579. The lowest BCUT2D eigenvalue weighted by Gasteiger charge is -2.24. The van der Waals surface area contributed by atoms with Gasteiger partial charge in [0.25, 0.3) is 0 Å². The molecule has 0 saturated carbocycles. The minimum Gasteiger partial charge on any atom is -0.399 e. The highest BCUT2D eigenvalue weighted by Gasteiger charge is 2.28. The van der Waals surface area contributed by atoms with E-state index in [2.05, 4.69) is 28.5 Å². The van der Waals surface area contributed by atoms with Crippen molar-refractivity contribution in [3.8, 4) is 11.1 Å². The molecule has 2 aromatic rings. The number of likely N-dealkylation sites (tertiary alicyclic amines) is 1. The van der Waals surface area contributed by atoms with Crippen LogP contribution in [0.1, 0.15) is 23.8 Å². The standard InChI is InChI=1S/C17H22N2OS/c1-20-11-10-19-9-2-3-16(19)17-15(8-12-21-17)13-4-6-14(18)7-5-13/h4-8,12,16H,2-3,9-11,18H2,1H3. The summed E-state index contributed by atoms with van der Waals surface area (Å²) in [5, 5.41) is 2.20. The Balaban J connectivity index is 1.86. The fraction of sp³-hybridized carbons (Fsp3) is 0.412. The first-order valence-electron chi connectivity index (χ1n) is 7.46. The maximum absolute atomic E-state index is 5.80. The number of hydrogen-bond acceptors (Lipinski definition) is 4. The molecule has 2 N–H and O–H groups in total. The van der Waals surface area contributed by atoms with Crippen LogP contribution in [0, 0.1) is 0 Å². The molecule has 0 aliphatic carbocycles. The van der Waals surface area contributed by atoms with E-state index in [1.54, 1.807) is 7.11 Å². The third-order valence-corrected chi connectivity index (χ3v) is 5.18. The molecule has 0 radical (unpaired) electrons. The summed E-state index contributed by atoms with van der Waals surface area (Å²) in [6.07, 6.45) is 2.51. The first-order valence-corrected chi connectivity index (χ1v) is 8.34. The van der Waals surface area contributed by atoms with Crippen LogP contribution in [0.15, 0.2) is 35.7 Å². The third kappa shape index (κ3) is 3.12. The van der Waals surface area contributed by atoms with Crippen molar-refractivity contribution in [1.29, 1.82) is 0 Å². The van der Waals surface area contributed by atoms with Gasteiger partial charge in [-0.05, 0) is 54.1 Å². The molecule has 112 valence electrons. The topological polar surface area (TPSA) is 38.5 Å². The normalized spacial score (nSPS) is 19.2. The predicted octanol–water partition coefficient (Wildman–Crippen LogP) is 3.78. The molecule has 3 rings (SSSR count). The molecular formula is C17H22N2OS. The fourth-order valence-electron chi connectivity index (χ4n) is 3.08. The molecule has 3 nitrogen and oxygen atoms in total. The smallest absolute Gasteiger partial charge is 0.0589 e. The van der Waals surface area contributed by atoms with E-state index < -0.39 is 0 Å². The number of nitrogen functional groups attached to an aromatic ring is 1. The van der Waals surface area contributed by atoms with E-state index in [0.717, 1.165) is 18.8 Å². The van der Waals surface area contributed by atoms with Crippen molar-refractivity contribution in [1.82, 2.24) is 4.90 Å². The number of ether oxygens (including phenoxy) is 1. The predicted molar refractivity (Wildman–Crippen MR) is 89.6 cm³/mol. The van der Waals surface area contributed by atoms with Crippen LogP contribution in [0.2, 0.25) is 0 Å². The number of thiophene rings is 1. The molecule has 1 aromatic heterocycles. The van der Waals surface area contributed by atoms with Crippen LogP contribution in [0.4, 0.5) is 5.69 Å². The minimum atomic E-state index is 0.535. The molecule has 1 unspecified atom stereocenters. The van der Waals surface area contributed by atoms with Crippen LogP contribution in [-0.4, -0.2) is 31.7 Å². The van der Waals surface area contributed by atoms with Crippen LogP contribution in [-0.2, 0) is 4.74 Å². The van der Waals surface area contributed by atoms with Crippen molar-refractivity contribution in [3.63, 3.8) is 0 Å². The summed E-state index contributed by atoms with van der Waals surface area (Å²) in [5.74, 6) is 0. The highest BCUT2D eigenvalue weighted by Crippen LogP contribution is 2.40. The van der Waals surface area contributed by atoms with Gasteiger partial charge in [0, 0.05) is 30.3 Å². The summed E-state index contributed by atoms with van der Waals surface area (Å²) in [4.78, 5) is 4.03. The zero-order valence-corrected chi connectivity index (χ0v) is 13.2. The molecule has 1 aromatic carbocycles. The van der Waals surface area contributed by atoms with Crippen molar-refractivity contribution in [2.24, 2.45) is 0 Å². The van der Waals surface area contributed by atoms with Crippen LogP contribution in [0.3, 0.4) is 0 Å². The van der Waals surface area contributed by atoms with Crippen LogP contribution < -0.4 is 5.73 Å². The maximum Gasteiger partial charge on any atom is 0.0589 e. The minimum absolute atomic E-state index is 0.535. The van der Waals surface area contributed by atoms with Crippen molar-refractivity contribution >= 4 is 17.0 Å². The summed E-state index contributed by atoms with van der Waals surface area (Å²) in [6.45, 7) is 2.99. The van der Waals surface area contributed by atoms with Gasteiger partial charge in [0.2, 0.25) is 0 Å². The Morgan fingerprint density at radius 3 is 2.86 bits per heavy atom. The second kappa shape index (κ2) is 6.60. The lowest BCUT2D eigenvalue weighted by Crippen LogP contribution is -2.26. The largest absolute Gasteiger partial charge is 0.399 e. The number of benzene rings is 1. The van der Waals surface area contributed by atoms with Crippen LogP contribution >= 0.6 is 11.3 Å². The molecule has 1 saturated heterocycles. The Hall–Kier alpha value is -1.36. The van der Waals surface area contributed by atoms with Crippen molar-refractivity contribution in [2.45, 2.75) is 18.9 Å². The third-order valence-electron chi connectivity index (χ3n) is 4.17. The Labute approximate surface area is 130 Å². The van der Waals surface area contributed by atoms with Crippen molar-refractivity contribution < 1.29 is 4.74 Å². The molecule has 1 fully saturated rings. The summed E-state index contributed by atoms with van der Waals surface area (Å²) >= 11 is 1.87.